The number of rotatable bonds is 4. The first-order valence-electron chi connectivity index (χ1n) is 5.93. The molecule has 0 aliphatic rings. The molecule has 0 unspecified atom stereocenters. The smallest absolute Gasteiger partial charge is 0.214 e. The van der Waals surface area contributed by atoms with Crippen LogP contribution in [0.1, 0.15) is 0 Å². The van der Waals surface area contributed by atoms with Gasteiger partial charge in [-0.25, -0.2) is 26.3 Å². The van der Waals surface area contributed by atoms with E-state index in [0.29, 0.717) is 19.7 Å². The van der Waals surface area contributed by atoms with Crippen molar-refractivity contribution in [1.82, 2.24) is 9.44 Å². The molecule has 0 aliphatic heterocycles. The number of nitrogens with one attached hydrogen (secondary N) is 2. The van der Waals surface area contributed by atoms with Crippen molar-refractivity contribution in [3.05, 3.63) is 33.2 Å². The van der Waals surface area contributed by atoms with Crippen molar-refractivity contribution in [3.63, 3.8) is 0 Å². The molecule has 2 aromatic rings. The number of benzene rings is 2. The lowest BCUT2D eigenvalue weighted by Crippen LogP contribution is -2.21. The molecule has 0 amide bonds. The summed E-state index contributed by atoms with van der Waals surface area (Å²) in [5.74, 6) is 0. The Morgan fingerprint density at radius 1 is 0.909 bits per heavy atom. The van der Waals surface area contributed by atoms with Gasteiger partial charge >= 0.3 is 0 Å². The van der Waals surface area contributed by atoms with Gasteiger partial charge in [0.2, 0.25) is 20.0 Å². The SMILES string of the molecule is CNS(=O)(=O)c1cccc2c(S(=O)(=O)NC)c(Br)c(Br)cc12. The van der Waals surface area contributed by atoms with E-state index in [2.05, 4.69) is 41.3 Å². The van der Waals surface area contributed by atoms with Gasteiger partial charge in [-0.3, -0.25) is 0 Å². The molecule has 0 saturated carbocycles. The second-order valence-electron chi connectivity index (χ2n) is 4.27. The third-order valence-corrected chi connectivity index (χ3v) is 8.30. The molecule has 10 heteroatoms. The quantitative estimate of drug-likeness (QED) is 0.714. The number of fused-ring (bicyclic) bond motifs is 1. The maximum Gasteiger partial charge on any atom is 0.242 e. The van der Waals surface area contributed by atoms with Gasteiger partial charge in [-0.1, -0.05) is 12.1 Å². The van der Waals surface area contributed by atoms with Crippen LogP contribution in [0.25, 0.3) is 10.8 Å². The number of sulfonamides is 2. The maximum absolute atomic E-state index is 12.3. The van der Waals surface area contributed by atoms with Gasteiger partial charge in [0.1, 0.15) is 4.90 Å². The first-order valence-corrected chi connectivity index (χ1v) is 10.5. The Balaban J connectivity index is 3.08. The first-order chi connectivity index (χ1) is 10.2. The van der Waals surface area contributed by atoms with Crippen molar-refractivity contribution in [3.8, 4) is 0 Å². The summed E-state index contributed by atoms with van der Waals surface area (Å²) < 4.78 is 54.1. The fourth-order valence-electron chi connectivity index (χ4n) is 2.02. The van der Waals surface area contributed by atoms with Gasteiger partial charge in [-0.05, 0) is 58.1 Å². The summed E-state index contributed by atoms with van der Waals surface area (Å²) in [6.07, 6.45) is 0. The lowest BCUT2D eigenvalue weighted by atomic mass is 10.1. The topological polar surface area (TPSA) is 92.3 Å². The van der Waals surface area contributed by atoms with Gasteiger partial charge in [0.15, 0.2) is 0 Å². The molecule has 2 rings (SSSR count). The van der Waals surface area contributed by atoms with Gasteiger partial charge in [-0.15, -0.1) is 0 Å². The summed E-state index contributed by atoms with van der Waals surface area (Å²) >= 11 is 6.50. The molecule has 0 aromatic heterocycles. The third-order valence-electron chi connectivity index (χ3n) is 3.09. The van der Waals surface area contributed by atoms with Gasteiger partial charge in [0.05, 0.1) is 9.37 Å². The average molecular weight is 472 g/mol. The zero-order valence-corrected chi connectivity index (χ0v) is 16.3. The van der Waals surface area contributed by atoms with Crippen LogP contribution in [0.5, 0.6) is 0 Å². The van der Waals surface area contributed by atoms with E-state index < -0.39 is 20.0 Å². The summed E-state index contributed by atoms with van der Waals surface area (Å²) in [5, 5.41) is 0.613. The fourth-order valence-corrected chi connectivity index (χ4v) is 5.50. The average Bonchev–Trinajstić information content (AvgIpc) is 2.47. The maximum atomic E-state index is 12.3. The predicted molar refractivity (Wildman–Crippen MR) is 91.8 cm³/mol. The van der Waals surface area contributed by atoms with Gasteiger partial charge in [0.25, 0.3) is 0 Å². The Morgan fingerprint density at radius 3 is 2.05 bits per heavy atom. The molecular formula is C12H12Br2N2O4S2. The van der Waals surface area contributed by atoms with E-state index >= 15 is 0 Å². The zero-order valence-electron chi connectivity index (χ0n) is 11.5. The summed E-state index contributed by atoms with van der Waals surface area (Å²) in [4.78, 5) is -0.0132. The van der Waals surface area contributed by atoms with E-state index in [1.54, 1.807) is 12.1 Å². The van der Waals surface area contributed by atoms with Gasteiger partial charge in [0, 0.05) is 15.2 Å². The molecule has 0 spiro atoms. The highest BCUT2D eigenvalue weighted by atomic mass is 79.9. The molecule has 22 heavy (non-hydrogen) atoms. The molecule has 0 saturated heterocycles. The van der Waals surface area contributed by atoms with Gasteiger partial charge < -0.3 is 0 Å². The van der Waals surface area contributed by atoms with E-state index in [9.17, 15) is 16.8 Å². The third kappa shape index (κ3) is 2.95. The zero-order chi connectivity index (χ0) is 16.7. The van der Waals surface area contributed by atoms with E-state index in [0.717, 1.165) is 0 Å². The molecule has 120 valence electrons. The van der Waals surface area contributed by atoms with Crippen molar-refractivity contribution in [2.24, 2.45) is 0 Å². The van der Waals surface area contributed by atoms with E-state index in [1.807, 2.05) is 0 Å². The summed E-state index contributed by atoms with van der Waals surface area (Å²) in [6.45, 7) is 0. The minimum Gasteiger partial charge on any atom is -0.214 e. The fraction of sp³-hybridized carbons (Fsp3) is 0.167. The number of hydrogen-bond acceptors (Lipinski definition) is 4. The number of hydrogen-bond donors (Lipinski definition) is 2. The second-order valence-corrected chi connectivity index (χ2v) is 9.59. The molecule has 0 radical (unpaired) electrons. The highest BCUT2D eigenvalue weighted by Crippen LogP contribution is 2.38. The Kier molecular flexibility index (Phi) is 5.00. The van der Waals surface area contributed by atoms with Crippen LogP contribution >= 0.6 is 31.9 Å². The van der Waals surface area contributed by atoms with Crippen LogP contribution in [0.3, 0.4) is 0 Å². The van der Waals surface area contributed by atoms with Crippen LogP contribution < -0.4 is 9.44 Å². The molecule has 0 heterocycles. The lowest BCUT2D eigenvalue weighted by Gasteiger charge is -2.14. The standard InChI is InChI=1S/C12H12Br2N2O4S2/c1-15-21(17,18)10-5-3-4-7-8(10)6-9(13)11(14)12(7)22(19,20)16-2/h3-6,15-16H,1-2H3. The molecule has 6 nitrogen and oxygen atoms in total. The minimum atomic E-state index is -3.79. The Bertz CT molecular complexity index is 957. The monoisotopic (exact) mass is 470 g/mol. The molecule has 0 aliphatic carbocycles. The van der Waals surface area contributed by atoms with E-state index in [1.165, 1.54) is 26.2 Å². The van der Waals surface area contributed by atoms with Crippen LogP contribution in [-0.4, -0.2) is 30.9 Å². The molecule has 2 N–H and O–H groups in total. The highest BCUT2D eigenvalue weighted by molar-refractivity contribution is 9.13. The Labute approximate surface area is 145 Å². The first kappa shape index (κ1) is 17.8. The highest BCUT2D eigenvalue weighted by Gasteiger charge is 2.25. The minimum absolute atomic E-state index is 0.00764. The normalized spacial score (nSPS) is 12.7. The van der Waals surface area contributed by atoms with Crippen molar-refractivity contribution in [2.75, 3.05) is 14.1 Å². The molecule has 0 bridgehead atoms. The Hall–Kier alpha value is -0.520. The second kappa shape index (κ2) is 6.17. The van der Waals surface area contributed by atoms with Crippen molar-refractivity contribution in [2.45, 2.75) is 9.79 Å². The Morgan fingerprint density at radius 2 is 1.50 bits per heavy atom. The van der Waals surface area contributed by atoms with Crippen LogP contribution in [-0.2, 0) is 20.0 Å². The summed E-state index contributed by atoms with van der Waals surface area (Å²) in [5.41, 5.74) is 0. The summed E-state index contributed by atoms with van der Waals surface area (Å²) in [7, 11) is -4.92. The van der Waals surface area contributed by atoms with Gasteiger partial charge in [-0.2, -0.15) is 0 Å². The van der Waals surface area contributed by atoms with Crippen LogP contribution in [0, 0.1) is 0 Å². The molecule has 0 fully saturated rings. The molecule has 0 atom stereocenters. The summed E-state index contributed by atoms with van der Waals surface area (Å²) in [6, 6.07) is 6.05. The van der Waals surface area contributed by atoms with E-state index in [4.69, 9.17) is 0 Å². The molecular weight excluding hydrogens is 460 g/mol. The largest absolute Gasteiger partial charge is 0.242 e. The number of halogens is 2. The van der Waals surface area contributed by atoms with Crippen LogP contribution in [0.4, 0.5) is 0 Å². The van der Waals surface area contributed by atoms with E-state index in [-0.39, 0.29) is 9.79 Å². The lowest BCUT2D eigenvalue weighted by molar-refractivity contribution is 0.586. The van der Waals surface area contributed by atoms with Crippen LogP contribution in [0.2, 0.25) is 0 Å². The van der Waals surface area contributed by atoms with Crippen molar-refractivity contribution in [1.29, 1.82) is 0 Å². The predicted octanol–water partition coefficient (Wildman–Crippen LogP) is 2.18. The van der Waals surface area contributed by atoms with Crippen molar-refractivity contribution >= 4 is 62.7 Å². The molecule has 2 aromatic carbocycles. The van der Waals surface area contributed by atoms with Crippen molar-refractivity contribution < 1.29 is 16.8 Å². The van der Waals surface area contributed by atoms with Crippen LogP contribution in [0.15, 0.2) is 43.0 Å².